The van der Waals surface area contributed by atoms with Crippen LogP contribution in [-0.4, -0.2) is 30.5 Å². The number of fused-ring (bicyclic) bond motifs is 1. The standard InChI is InChI=1S/C15H16F3N3O/c1-9(19-2)7-21-14(22)11-8-20-12-6-4-3-5-10(12)13(11)15(16,17)18/h3-6,8-9,19H,7H2,1-2H3,(H,21,22). The summed E-state index contributed by atoms with van der Waals surface area (Å²) in [7, 11) is 1.70. The SMILES string of the molecule is CNC(C)CNC(=O)c1cnc2ccccc2c1C(F)(F)F. The summed E-state index contributed by atoms with van der Waals surface area (Å²) in [5.74, 6) is -0.785. The van der Waals surface area contributed by atoms with Gasteiger partial charge in [-0.2, -0.15) is 13.2 Å². The highest BCUT2D eigenvalue weighted by molar-refractivity contribution is 6.00. The van der Waals surface area contributed by atoms with Gasteiger partial charge < -0.3 is 10.6 Å². The van der Waals surface area contributed by atoms with Gasteiger partial charge in [0, 0.05) is 24.2 Å². The molecule has 22 heavy (non-hydrogen) atoms. The van der Waals surface area contributed by atoms with Crippen LogP contribution in [-0.2, 0) is 6.18 Å². The maximum atomic E-state index is 13.4. The molecule has 0 aliphatic heterocycles. The summed E-state index contributed by atoms with van der Waals surface area (Å²) in [6, 6.07) is 5.84. The average Bonchev–Trinajstić information content (AvgIpc) is 2.49. The normalized spacial score (nSPS) is 13.1. The van der Waals surface area contributed by atoms with E-state index in [9.17, 15) is 18.0 Å². The monoisotopic (exact) mass is 311 g/mol. The Kier molecular flexibility index (Phi) is 4.65. The van der Waals surface area contributed by atoms with Crippen LogP contribution in [0.3, 0.4) is 0 Å². The first-order valence-corrected chi connectivity index (χ1v) is 6.75. The highest BCUT2D eigenvalue weighted by Gasteiger charge is 2.37. The largest absolute Gasteiger partial charge is 0.417 e. The first-order chi connectivity index (χ1) is 10.3. The molecule has 2 rings (SSSR count). The molecule has 118 valence electrons. The van der Waals surface area contributed by atoms with Gasteiger partial charge >= 0.3 is 6.18 Å². The lowest BCUT2D eigenvalue weighted by Gasteiger charge is -2.16. The quantitative estimate of drug-likeness (QED) is 0.912. The molecule has 1 unspecified atom stereocenters. The Morgan fingerprint density at radius 1 is 1.32 bits per heavy atom. The van der Waals surface area contributed by atoms with Crippen LogP contribution in [0.5, 0.6) is 0 Å². The molecular weight excluding hydrogens is 295 g/mol. The van der Waals surface area contributed by atoms with E-state index in [1.54, 1.807) is 13.1 Å². The molecule has 0 spiro atoms. The summed E-state index contributed by atoms with van der Waals surface area (Å²) in [6.45, 7) is 2.03. The summed E-state index contributed by atoms with van der Waals surface area (Å²) in [6.07, 6.45) is -3.66. The molecular formula is C15H16F3N3O. The summed E-state index contributed by atoms with van der Waals surface area (Å²) in [5.41, 5.74) is -1.21. The van der Waals surface area contributed by atoms with Crippen molar-refractivity contribution in [2.45, 2.75) is 19.1 Å². The molecule has 4 nitrogen and oxygen atoms in total. The van der Waals surface area contributed by atoms with Crippen molar-refractivity contribution in [3.63, 3.8) is 0 Å². The van der Waals surface area contributed by atoms with E-state index >= 15 is 0 Å². The van der Waals surface area contributed by atoms with Crippen molar-refractivity contribution in [1.82, 2.24) is 15.6 Å². The molecule has 2 N–H and O–H groups in total. The minimum Gasteiger partial charge on any atom is -0.350 e. The lowest BCUT2D eigenvalue weighted by Crippen LogP contribution is -2.37. The van der Waals surface area contributed by atoms with Gasteiger partial charge in [0.25, 0.3) is 5.91 Å². The van der Waals surface area contributed by atoms with Crippen LogP contribution < -0.4 is 10.6 Å². The van der Waals surface area contributed by atoms with Crippen molar-refractivity contribution in [1.29, 1.82) is 0 Å². The molecule has 0 radical (unpaired) electrons. The van der Waals surface area contributed by atoms with Crippen molar-refractivity contribution >= 4 is 16.8 Å². The molecule has 1 amide bonds. The number of pyridine rings is 1. The summed E-state index contributed by atoms with van der Waals surface area (Å²) in [4.78, 5) is 16.0. The Morgan fingerprint density at radius 3 is 2.64 bits per heavy atom. The van der Waals surface area contributed by atoms with Gasteiger partial charge in [0.1, 0.15) is 0 Å². The van der Waals surface area contributed by atoms with Crippen molar-refractivity contribution in [2.24, 2.45) is 0 Å². The highest BCUT2D eigenvalue weighted by atomic mass is 19.4. The number of hydrogen-bond donors (Lipinski definition) is 2. The molecule has 7 heteroatoms. The van der Waals surface area contributed by atoms with E-state index in [1.165, 1.54) is 18.2 Å². The first kappa shape index (κ1) is 16.2. The Labute approximate surface area is 125 Å². The fourth-order valence-corrected chi connectivity index (χ4v) is 2.06. The maximum Gasteiger partial charge on any atom is 0.417 e. The van der Waals surface area contributed by atoms with Gasteiger partial charge in [0.2, 0.25) is 0 Å². The van der Waals surface area contributed by atoms with Gasteiger partial charge in [-0.05, 0) is 20.0 Å². The van der Waals surface area contributed by atoms with E-state index in [0.29, 0.717) is 0 Å². The van der Waals surface area contributed by atoms with Crippen LogP contribution in [0.25, 0.3) is 10.9 Å². The average molecular weight is 311 g/mol. The number of amides is 1. The topological polar surface area (TPSA) is 54.0 Å². The number of hydrogen-bond acceptors (Lipinski definition) is 3. The second-order valence-electron chi connectivity index (χ2n) is 4.96. The third-order valence-corrected chi connectivity index (χ3v) is 3.37. The van der Waals surface area contributed by atoms with E-state index in [0.717, 1.165) is 6.20 Å². The van der Waals surface area contributed by atoms with Crippen molar-refractivity contribution in [3.8, 4) is 0 Å². The number of para-hydroxylation sites is 1. The lowest BCUT2D eigenvalue weighted by atomic mass is 10.0. The number of aromatic nitrogens is 1. The van der Waals surface area contributed by atoms with E-state index < -0.39 is 23.2 Å². The van der Waals surface area contributed by atoms with Gasteiger partial charge in [-0.1, -0.05) is 18.2 Å². The maximum absolute atomic E-state index is 13.4. The zero-order valence-electron chi connectivity index (χ0n) is 12.2. The zero-order valence-corrected chi connectivity index (χ0v) is 12.2. The van der Waals surface area contributed by atoms with E-state index in [1.807, 2.05) is 6.92 Å². The van der Waals surface area contributed by atoms with Crippen LogP contribution in [0.1, 0.15) is 22.8 Å². The molecule has 1 aromatic carbocycles. The minimum atomic E-state index is -4.64. The molecule has 2 aromatic rings. The Morgan fingerprint density at radius 2 is 2.00 bits per heavy atom. The second-order valence-corrected chi connectivity index (χ2v) is 4.96. The number of nitrogens with one attached hydrogen (secondary N) is 2. The minimum absolute atomic E-state index is 0.0493. The third kappa shape index (κ3) is 3.36. The van der Waals surface area contributed by atoms with E-state index in [4.69, 9.17) is 0 Å². The first-order valence-electron chi connectivity index (χ1n) is 6.75. The molecule has 0 aliphatic carbocycles. The predicted octanol–water partition coefficient (Wildman–Crippen LogP) is 2.59. The van der Waals surface area contributed by atoms with Gasteiger partial charge in [-0.25, -0.2) is 0 Å². The molecule has 1 aromatic heterocycles. The number of rotatable bonds is 4. The molecule has 0 fully saturated rings. The summed E-state index contributed by atoms with van der Waals surface area (Å²) >= 11 is 0. The molecule has 1 heterocycles. The van der Waals surface area contributed by atoms with Gasteiger partial charge in [-0.3, -0.25) is 9.78 Å². The van der Waals surface area contributed by atoms with Crippen molar-refractivity contribution in [2.75, 3.05) is 13.6 Å². The molecule has 0 aliphatic rings. The van der Waals surface area contributed by atoms with Crippen LogP contribution in [0, 0.1) is 0 Å². The third-order valence-electron chi connectivity index (χ3n) is 3.37. The number of halogens is 3. The van der Waals surface area contributed by atoms with Crippen molar-refractivity contribution in [3.05, 3.63) is 41.6 Å². The predicted molar refractivity (Wildman–Crippen MR) is 77.6 cm³/mol. The highest BCUT2D eigenvalue weighted by Crippen LogP contribution is 2.36. The van der Waals surface area contributed by atoms with Gasteiger partial charge in [-0.15, -0.1) is 0 Å². The van der Waals surface area contributed by atoms with Crippen LogP contribution in [0.2, 0.25) is 0 Å². The van der Waals surface area contributed by atoms with Gasteiger partial charge in [0.05, 0.1) is 16.6 Å². The summed E-state index contributed by atoms with van der Waals surface area (Å²) < 4.78 is 40.2. The molecule has 0 saturated heterocycles. The number of carbonyl (C=O) groups is 1. The smallest absolute Gasteiger partial charge is 0.350 e. The fraction of sp³-hybridized carbons (Fsp3) is 0.333. The molecule has 0 bridgehead atoms. The van der Waals surface area contributed by atoms with E-state index in [-0.39, 0.29) is 23.5 Å². The number of benzene rings is 1. The Bertz CT molecular complexity index is 685. The van der Waals surface area contributed by atoms with Gasteiger partial charge in [0.15, 0.2) is 0 Å². The number of carbonyl (C=O) groups excluding carboxylic acids is 1. The molecule has 1 atom stereocenters. The lowest BCUT2D eigenvalue weighted by molar-refractivity contribution is -0.136. The van der Waals surface area contributed by atoms with Crippen LogP contribution in [0.15, 0.2) is 30.5 Å². The van der Waals surface area contributed by atoms with Crippen LogP contribution in [0.4, 0.5) is 13.2 Å². The zero-order chi connectivity index (χ0) is 16.3. The van der Waals surface area contributed by atoms with Crippen molar-refractivity contribution < 1.29 is 18.0 Å². The van der Waals surface area contributed by atoms with E-state index in [2.05, 4.69) is 15.6 Å². The Hall–Kier alpha value is -2.15. The number of likely N-dealkylation sites (N-methyl/N-ethyl adjacent to an activating group) is 1. The number of nitrogens with zero attached hydrogens (tertiary/aromatic N) is 1. The number of alkyl halides is 3. The fourth-order valence-electron chi connectivity index (χ4n) is 2.06. The molecule has 0 saturated carbocycles. The summed E-state index contributed by atoms with van der Waals surface area (Å²) in [5, 5.41) is 5.30. The second kappa shape index (κ2) is 6.31. The van der Waals surface area contributed by atoms with Crippen LogP contribution >= 0.6 is 0 Å². The Balaban J connectivity index is 2.47.